The van der Waals surface area contributed by atoms with Crippen LogP contribution in [0.5, 0.6) is 5.75 Å². The monoisotopic (exact) mass is 237 g/mol. The molecule has 0 bridgehead atoms. The summed E-state index contributed by atoms with van der Waals surface area (Å²) >= 11 is 0. The molecule has 7 nitrogen and oxygen atoms in total. The molecule has 1 atom stereocenters. The van der Waals surface area contributed by atoms with Gasteiger partial charge in [-0.15, -0.1) is 0 Å². The summed E-state index contributed by atoms with van der Waals surface area (Å²) in [6.07, 6.45) is 1.77. The lowest BCUT2D eigenvalue weighted by Crippen LogP contribution is -2.48. The van der Waals surface area contributed by atoms with Crippen LogP contribution in [0.4, 0.5) is 10.5 Å². The third kappa shape index (κ3) is 2.12. The Balaban J connectivity index is 2.29. The number of likely N-dealkylation sites (N-methyl/N-ethyl adjacent to an activating group) is 1. The van der Waals surface area contributed by atoms with Crippen molar-refractivity contribution in [1.82, 2.24) is 10.3 Å². The molecule has 1 aromatic rings. The van der Waals surface area contributed by atoms with Crippen LogP contribution in [0.25, 0.3) is 0 Å². The Morgan fingerprint density at radius 1 is 1.71 bits per heavy atom. The zero-order valence-corrected chi connectivity index (χ0v) is 9.08. The minimum atomic E-state index is -1.26. The number of carboxylic acid groups (broad SMARTS) is 1. The van der Waals surface area contributed by atoms with Gasteiger partial charge in [0.1, 0.15) is 12.6 Å². The average Bonchev–Trinajstić information content (AvgIpc) is 2.42. The van der Waals surface area contributed by atoms with Crippen molar-refractivity contribution < 1.29 is 19.4 Å². The molecule has 2 amide bonds. The molecule has 7 heteroatoms. The van der Waals surface area contributed by atoms with Gasteiger partial charge in [-0.05, 0) is 6.07 Å². The Bertz CT molecular complexity index is 463. The van der Waals surface area contributed by atoms with Crippen molar-refractivity contribution in [3.63, 3.8) is 0 Å². The maximum Gasteiger partial charge on any atom is 0.405 e. The third-order valence-corrected chi connectivity index (χ3v) is 2.46. The lowest BCUT2D eigenvalue weighted by Gasteiger charge is -2.18. The molecule has 1 aromatic heterocycles. The van der Waals surface area contributed by atoms with Crippen LogP contribution in [-0.4, -0.2) is 41.8 Å². The number of nitrogens with zero attached hydrogens (tertiary/aromatic N) is 2. The van der Waals surface area contributed by atoms with Crippen LogP contribution in [-0.2, 0) is 4.79 Å². The van der Waals surface area contributed by atoms with Crippen LogP contribution in [0.1, 0.15) is 0 Å². The molecule has 0 aliphatic carbocycles. The molecule has 1 aliphatic heterocycles. The summed E-state index contributed by atoms with van der Waals surface area (Å²) in [7, 11) is 1.56. The number of amides is 2. The molecule has 2 N–H and O–H groups in total. The van der Waals surface area contributed by atoms with E-state index in [2.05, 4.69) is 10.3 Å². The molecule has 0 unspecified atom stereocenters. The molecule has 0 saturated carbocycles. The van der Waals surface area contributed by atoms with Gasteiger partial charge in [0.25, 0.3) is 5.91 Å². The molecule has 0 fully saturated rings. The van der Waals surface area contributed by atoms with E-state index in [4.69, 9.17) is 9.84 Å². The van der Waals surface area contributed by atoms with Crippen LogP contribution in [0.3, 0.4) is 0 Å². The van der Waals surface area contributed by atoms with Gasteiger partial charge in [-0.25, -0.2) is 4.79 Å². The van der Waals surface area contributed by atoms with Crippen molar-refractivity contribution in [3.8, 4) is 5.75 Å². The summed E-state index contributed by atoms with van der Waals surface area (Å²) in [6, 6.07) is 0.723. The Morgan fingerprint density at radius 3 is 3.18 bits per heavy atom. The molecule has 2 rings (SSSR count). The summed E-state index contributed by atoms with van der Waals surface area (Å²) in [5.74, 6) is 0.0930. The highest BCUT2D eigenvalue weighted by molar-refractivity contribution is 5.99. The van der Waals surface area contributed by atoms with Gasteiger partial charge in [-0.1, -0.05) is 0 Å². The van der Waals surface area contributed by atoms with Crippen LogP contribution in [0.15, 0.2) is 18.5 Å². The van der Waals surface area contributed by atoms with Crippen molar-refractivity contribution in [1.29, 1.82) is 0 Å². The van der Waals surface area contributed by atoms with Gasteiger partial charge in [0.2, 0.25) is 0 Å². The van der Waals surface area contributed by atoms with Crippen LogP contribution < -0.4 is 15.0 Å². The summed E-state index contributed by atoms with van der Waals surface area (Å²) in [5, 5.41) is 10.7. The number of aromatic nitrogens is 1. The fraction of sp³-hybridized carbons (Fsp3) is 0.300. The van der Waals surface area contributed by atoms with E-state index in [0.717, 1.165) is 0 Å². The lowest BCUT2D eigenvalue weighted by molar-refractivity contribution is -0.120. The molecular formula is C10H11N3O4. The number of fused-ring (bicyclic) bond motifs is 1. The number of rotatable bonds is 1. The second-order valence-electron chi connectivity index (χ2n) is 3.55. The Labute approximate surface area is 97.0 Å². The molecule has 90 valence electrons. The lowest BCUT2D eigenvalue weighted by atomic mass is 10.2. The first-order valence-electron chi connectivity index (χ1n) is 4.93. The number of hydrogen-bond acceptors (Lipinski definition) is 4. The SMILES string of the molecule is CN1C(=O)[C@@H](NC(=O)O)COc2cnccc21. The van der Waals surface area contributed by atoms with E-state index in [1.807, 2.05) is 0 Å². The second kappa shape index (κ2) is 4.28. The van der Waals surface area contributed by atoms with Gasteiger partial charge < -0.3 is 20.1 Å². The molecule has 17 heavy (non-hydrogen) atoms. The quantitative estimate of drug-likeness (QED) is 0.721. The predicted molar refractivity (Wildman–Crippen MR) is 58.1 cm³/mol. The van der Waals surface area contributed by atoms with Gasteiger partial charge in [-0.3, -0.25) is 9.78 Å². The van der Waals surface area contributed by atoms with E-state index < -0.39 is 12.1 Å². The summed E-state index contributed by atoms with van der Waals surface area (Å²) in [4.78, 5) is 27.7. The van der Waals surface area contributed by atoms with Crippen molar-refractivity contribution in [3.05, 3.63) is 18.5 Å². The number of hydrogen-bond donors (Lipinski definition) is 2. The van der Waals surface area contributed by atoms with Crippen LogP contribution in [0, 0.1) is 0 Å². The highest BCUT2D eigenvalue weighted by Gasteiger charge is 2.30. The summed E-state index contributed by atoms with van der Waals surface area (Å²) in [5.41, 5.74) is 0.569. The molecule has 2 heterocycles. The number of nitrogens with one attached hydrogen (secondary N) is 1. The van der Waals surface area contributed by atoms with E-state index in [1.54, 1.807) is 13.1 Å². The van der Waals surface area contributed by atoms with E-state index in [-0.39, 0.29) is 12.5 Å². The van der Waals surface area contributed by atoms with Crippen molar-refractivity contribution >= 4 is 17.7 Å². The van der Waals surface area contributed by atoms with E-state index in [9.17, 15) is 9.59 Å². The van der Waals surface area contributed by atoms with E-state index in [0.29, 0.717) is 11.4 Å². The molecular weight excluding hydrogens is 226 g/mol. The van der Waals surface area contributed by atoms with Crippen LogP contribution in [0.2, 0.25) is 0 Å². The van der Waals surface area contributed by atoms with Crippen LogP contribution >= 0.6 is 0 Å². The first-order valence-corrected chi connectivity index (χ1v) is 4.93. The first kappa shape index (κ1) is 11.2. The van der Waals surface area contributed by atoms with Gasteiger partial charge in [0.05, 0.1) is 11.9 Å². The van der Waals surface area contributed by atoms with Crippen molar-refractivity contribution in [2.75, 3.05) is 18.6 Å². The molecule has 0 radical (unpaired) electrons. The maximum atomic E-state index is 11.9. The smallest absolute Gasteiger partial charge is 0.405 e. The highest BCUT2D eigenvalue weighted by Crippen LogP contribution is 2.28. The number of carbonyl (C=O) groups is 2. The fourth-order valence-corrected chi connectivity index (χ4v) is 1.61. The molecule has 0 saturated heterocycles. The topological polar surface area (TPSA) is 91.8 Å². The van der Waals surface area contributed by atoms with E-state index >= 15 is 0 Å². The minimum Gasteiger partial charge on any atom is -0.487 e. The first-order chi connectivity index (χ1) is 8.09. The number of carbonyl (C=O) groups excluding carboxylic acids is 1. The standard InChI is InChI=1S/C10H11N3O4/c1-13-7-2-3-11-4-8(7)17-5-6(9(13)14)12-10(15)16/h2-4,6,12H,5H2,1H3,(H,15,16)/t6-/m0/s1. The fourth-order valence-electron chi connectivity index (χ4n) is 1.61. The molecule has 0 aromatic carbocycles. The molecule has 0 spiro atoms. The van der Waals surface area contributed by atoms with Gasteiger partial charge in [0, 0.05) is 13.2 Å². The van der Waals surface area contributed by atoms with Crippen molar-refractivity contribution in [2.24, 2.45) is 0 Å². The third-order valence-electron chi connectivity index (χ3n) is 2.46. The summed E-state index contributed by atoms with van der Waals surface area (Å²) < 4.78 is 5.35. The van der Waals surface area contributed by atoms with E-state index in [1.165, 1.54) is 17.3 Å². The van der Waals surface area contributed by atoms with Gasteiger partial charge in [-0.2, -0.15) is 0 Å². The second-order valence-corrected chi connectivity index (χ2v) is 3.55. The highest BCUT2D eigenvalue weighted by atomic mass is 16.5. The van der Waals surface area contributed by atoms with Gasteiger partial charge in [0.15, 0.2) is 5.75 Å². The molecule has 1 aliphatic rings. The minimum absolute atomic E-state index is 0.0475. The van der Waals surface area contributed by atoms with Crippen molar-refractivity contribution in [2.45, 2.75) is 6.04 Å². The largest absolute Gasteiger partial charge is 0.487 e. The Hall–Kier alpha value is -2.31. The average molecular weight is 237 g/mol. The number of pyridine rings is 1. The van der Waals surface area contributed by atoms with Gasteiger partial charge >= 0.3 is 6.09 Å². The maximum absolute atomic E-state index is 11.9. The Kier molecular flexibility index (Phi) is 2.82. The number of ether oxygens (including phenoxy) is 1. The predicted octanol–water partition coefficient (Wildman–Crippen LogP) is 0.0730. The Morgan fingerprint density at radius 2 is 2.47 bits per heavy atom. The normalized spacial score (nSPS) is 19.0. The zero-order chi connectivity index (χ0) is 12.4. The zero-order valence-electron chi connectivity index (χ0n) is 9.08. The summed E-state index contributed by atoms with van der Waals surface area (Å²) in [6.45, 7) is -0.0475. The number of anilines is 1.